The van der Waals surface area contributed by atoms with Crippen molar-refractivity contribution in [3.63, 3.8) is 0 Å². The van der Waals surface area contributed by atoms with Gasteiger partial charge in [0.15, 0.2) is 17.4 Å². The maximum Gasteiger partial charge on any atom is 0.165 e. The Labute approximate surface area is 116 Å². The molecule has 2 aromatic rings. The molecule has 1 unspecified atom stereocenters. The number of rotatable bonds is 3. The molecule has 0 aliphatic carbocycles. The van der Waals surface area contributed by atoms with Gasteiger partial charge in [-0.2, -0.15) is 0 Å². The van der Waals surface area contributed by atoms with Gasteiger partial charge in [0.1, 0.15) is 5.82 Å². The molecule has 0 amide bonds. The molecule has 1 aliphatic heterocycles. The van der Waals surface area contributed by atoms with E-state index in [0.29, 0.717) is 23.9 Å². The van der Waals surface area contributed by atoms with Gasteiger partial charge in [-0.05, 0) is 37.1 Å². The minimum Gasteiger partial charge on any atom is -0.494 e. The van der Waals surface area contributed by atoms with Gasteiger partial charge in [-0.25, -0.2) is 4.39 Å². The minimum absolute atomic E-state index is 0.232. The maximum atomic E-state index is 13.8. The van der Waals surface area contributed by atoms with Crippen molar-refractivity contribution in [3.05, 3.63) is 29.8 Å². The highest BCUT2D eigenvalue weighted by atomic mass is 19.1. The first kappa shape index (κ1) is 13.1. The molecule has 2 heterocycles. The first-order valence-electron chi connectivity index (χ1n) is 6.69. The number of benzene rings is 1. The summed E-state index contributed by atoms with van der Waals surface area (Å²) in [6.07, 6.45) is 1.84. The number of aromatic nitrogens is 3. The molecule has 1 aromatic heterocycles. The lowest BCUT2D eigenvalue weighted by atomic mass is 9.98. The quantitative estimate of drug-likeness (QED) is 0.925. The van der Waals surface area contributed by atoms with Crippen molar-refractivity contribution in [2.24, 2.45) is 11.7 Å². The first-order chi connectivity index (χ1) is 9.72. The Hall–Kier alpha value is -1.95. The van der Waals surface area contributed by atoms with Gasteiger partial charge in [-0.3, -0.25) is 0 Å². The van der Waals surface area contributed by atoms with E-state index in [1.54, 1.807) is 12.1 Å². The normalized spacial score (nSPS) is 17.9. The first-order valence-corrected chi connectivity index (χ1v) is 6.69. The number of nitrogens with two attached hydrogens (primary N) is 1. The van der Waals surface area contributed by atoms with Crippen molar-refractivity contribution in [2.45, 2.75) is 19.4 Å². The third kappa shape index (κ3) is 2.16. The van der Waals surface area contributed by atoms with E-state index in [1.807, 2.05) is 4.57 Å². The zero-order valence-electron chi connectivity index (χ0n) is 11.3. The van der Waals surface area contributed by atoms with Gasteiger partial charge in [-0.15, -0.1) is 10.2 Å². The fraction of sp³-hybridized carbons (Fsp3) is 0.429. The third-order valence-electron chi connectivity index (χ3n) is 3.80. The Bertz CT molecular complexity index is 626. The van der Waals surface area contributed by atoms with Crippen molar-refractivity contribution in [1.82, 2.24) is 14.8 Å². The van der Waals surface area contributed by atoms with Crippen molar-refractivity contribution in [1.29, 1.82) is 0 Å². The van der Waals surface area contributed by atoms with Crippen LogP contribution in [0.2, 0.25) is 0 Å². The van der Waals surface area contributed by atoms with Gasteiger partial charge in [0, 0.05) is 18.5 Å². The highest BCUT2D eigenvalue weighted by Gasteiger charge is 2.23. The largest absolute Gasteiger partial charge is 0.494 e. The van der Waals surface area contributed by atoms with Crippen LogP contribution in [0, 0.1) is 11.7 Å². The third-order valence-corrected chi connectivity index (χ3v) is 3.80. The van der Waals surface area contributed by atoms with Crippen LogP contribution in [-0.4, -0.2) is 28.4 Å². The second kappa shape index (κ2) is 5.20. The summed E-state index contributed by atoms with van der Waals surface area (Å²) >= 11 is 0. The summed E-state index contributed by atoms with van der Waals surface area (Å²) < 4.78 is 20.8. The Balaban J connectivity index is 1.96. The Morgan fingerprint density at radius 1 is 1.45 bits per heavy atom. The van der Waals surface area contributed by atoms with Crippen LogP contribution in [-0.2, 0) is 13.0 Å². The molecule has 1 atom stereocenters. The summed E-state index contributed by atoms with van der Waals surface area (Å²) in [7, 11) is 1.45. The van der Waals surface area contributed by atoms with Crippen LogP contribution in [0.15, 0.2) is 18.2 Å². The highest BCUT2D eigenvalue weighted by molar-refractivity contribution is 5.57. The van der Waals surface area contributed by atoms with Crippen LogP contribution in [0.1, 0.15) is 12.2 Å². The molecule has 2 N–H and O–H groups in total. The lowest BCUT2D eigenvalue weighted by Crippen LogP contribution is -2.25. The Morgan fingerprint density at radius 3 is 3.00 bits per heavy atom. The van der Waals surface area contributed by atoms with Gasteiger partial charge in [-0.1, -0.05) is 0 Å². The lowest BCUT2D eigenvalue weighted by Gasteiger charge is -2.22. The number of nitrogens with zero attached hydrogens (tertiary/aromatic N) is 3. The van der Waals surface area contributed by atoms with Crippen LogP contribution in [0.3, 0.4) is 0 Å². The molecule has 0 saturated heterocycles. The van der Waals surface area contributed by atoms with E-state index in [9.17, 15) is 4.39 Å². The predicted molar refractivity (Wildman–Crippen MR) is 72.8 cm³/mol. The summed E-state index contributed by atoms with van der Waals surface area (Å²) in [4.78, 5) is 0. The highest BCUT2D eigenvalue weighted by Crippen LogP contribution is 2.28. The number of hydrogen-bond acceptors (Lipinski definition) is 4. The minimum atomic E-state index is -0.391. The summed E-state index contributed by atoms with van der Waals surface area (Å²) in [6, 6.07) is 4.84. The van der Waals surface area contributed by atoms with Crippen molar-refractivity contribution < 1.29 is 9.13 Å². The van der Waals surface area contributed by atoms with E-state index in [0.717, 1.165) is 25.2 Å². The van der Waals surface area contributed by atoms with Gasteiger partial charge < -0.3 is 15.0 Å². The van der Waals surface area contributed by atoms with Gasteiger partial charge in [0.05, 0.1) is 7.11 Å². The van der Waals surface area contributed by atoms with Crippen molar-refractivity contribution in [2.75, 3.05) is 13.7 Å². The Kier molecular flexibility index (Phi) is 3.40. The summed E-state index contributed by atoms with van der Waals surface area (Å²) in [6.45, 7) is 1.49. The molecule has 1 aliphatic rings. The van der Waals surface area contributed by atoms with Gasteiger partial charge >= 0.3 is 0 Å². The summed E-state index contributed by atoms with van der Waals surface area (Å²) in [5, 5.41) is 8.41. The molecule has 0 bridgehead atoms. The average molecular weight is 276 g/mol. The summed E-state index contributed by atoms with van der Waals surface area (Å²) in [5.74, 6) is 1.94. The molecule has 20 heavy (non-hydrogen) atoms. The van der Waals surface area contributed by atoms with E-state index >= 15 is 0 Å². The molecule has 0 fully saturated rings. The fourth-order valence-electron chi connectivity index (χ4n) is 2.61. The molecule has 3 rings (SSSR count). The number of methoxy groups -OCH3 is 1. The van der Waals surface area contributed by atoms with E-state index < -0.39 is 5.82 Å². The fourth-order valence-corrected chi connectivity index (χ4v) is 2.61. The Morgan fingerprint density at radius 2 is 2.30 bits per heavy atom. The number of ether oxygens (including phenoxy) is 1. The van der Waals surface area contributed by atoms with Crippen molar-refractivity contribution >= 4 is 0 Å². The number of hydrogen-bond donors (Lipinski definition) is 1. The van der Waals surface area contributed by atoms with Crippen LogP contribution in [0.25, 0.3) is 11.4 Å². The number of fused-ring (bicyclic) bond motifs is 1. The molecule has 0 spiro atoms. The van der Waals surface area contributed by atoms with Crippen LogP contribution >= 0.6 is 0 Å². The molecule has 6 heteroatoms. The van der Waals surface area contributed by atoms with Crippen molar-refractivity contribution in [3.8, 4) is 17.1 Å². The van der Waals surface area contributed by atoms with E-state index in [-0.39, 0.29) is 5.75 Å². The van der Waals surface area contributed by atoms with Crippen LogP contribution in [0.5, 0.6) is 5.75 Å². The van der Waals surface area contributed by atoms with E-state index in [4.69, 9.17) is 10.5 Å². The second-order valence-corrected chi connectivity index (χ2v) is 5.04. The molecule has 1 aromatic carbocycles. The molecule has 0 radical (unpaired) electrons. The average Bonchev–Trinajstić information content (AvgIpc) is 2.90. The summed E-state index contributed by atoms with van der Waals surface area (Å²) in [5.41, 5.74) is 6.43. The van der Waals surface area contributed by atoms with Gasteiger partial charge in [0.25, 0.3) is 0 Å². The molecular weight excluding hydrogens is 259 g/mol. The van der Waals surface area contributed by atoms with E-state index in [1.165, 1.54) is 13.2 Å². The van der Waals surface area contributed by atoms with Crippen LogP contribution in [0.4, 0.5) is 4.39 Å². The monoisotopic (exact) mass is 276 g/mol. The standard InChI is InChI=1S/C14H17FN4O/c1-20-12-3-2-10(7-11(12)15)14-18-17-13-6-9(8-16)4-5-19(13)14/h2-3,7,9H,4-6,8,16H2,1H3. The van der Waals surface area contributed by atoms with E-state index in [2.05, 4.69) is 10.2 Å². The number of halogens is 1. The maximum absolute atomic E-state index is 13.8. The smallest absolute Gasteiger partial charge is 0.165 e. The molecular formula is C14H17FN4O. The second-order valence-electron chi connectivity index (χ2n) is 5.04. The molecule has 0 saturated carbocycles. The SMILES string of the molecule is COc1ccc(-c2nnc3n2CCC(CN)C3)cc1F. The van der Waals surface area contributed by atoms with Crippen LogP contribution < -0.4 is 10.5 Å². The van der Waals surface area contributed by atoms with Gasteiger partial charge in [0.2, 0.25) is 0 Å². The lowest BCUT2D eigenvalue weighted by molar-refractivity contribution is 0.386. The molecule has 106 valence electrons. The predicted octanol–water partition coefficient (Wildman–Crippen LogP) is 1.61. The molecule has 5 nitrogen and oxygen atoms in total. The zero-order chi connectivity index (χ0) is 14.1. The topological polar surface area (TPSA) is 66.0 Å². The zero-order valence-corrected chi connectivity index (χ0v) is 11.3.